The smallest absolute Gasteiger partial charge is 0.268 e. The monoisotopic (exact) mass is 341 g/mol. The maximum atomic E-state index is 11.5. The molecule has 0 bridgehead atoms. The van der Waals surface area contributed by atoms with Crippen LogP contribution in [0.2, 0.25) is 0 Å². The van der Waals surface area contributed by atoms with Gasteiger partial charge in [-0.25, -0.2) is 8.42 Å². The van der Waals surface area contributed by atoms with Crippen LogP contribution in [0.5, 0.6) is 0 Å². The number of hydrogen-bond donors (Lipinski definition) is 1. The van der Waals surface area contributed by atoms with Gasteiger partial charge in [0, 0.05) is 11.1 Å². The Balaban J connectivity index is 1.89. The zero-order chi connectivity index (χ0) is 16.0. The first-order valence-corrected chi connectivity index (χ1v) is 10.0. The van der Waals surface area contributed by atoms with E-state index in [1.807, 2.05) is 13.0 Å². The third-order valence-corrected chi connectivity index (χ3v) is 5.93. The highest BCUT2D eigenvalue weighted by Gasteiger charge is 2.36. The van der Waals surface area contributed by atoms with Crippen LogP contribution in [0.3, 0.4) is 0 Å². The molecule has 0 radical (unpaired) electrons. The molecule has 0 amide bonds. The Morgan fingerprint density at radius 1 is 1.41 bits per heavy atom. The first-order valence-electron chi connectivity index (χ1n) is 7.17. The lowest BCUT2D eigenvalue weighted by molar-refractivity contribution is 0.373. The number of rotatable bonds is 4. The predicted octanol–water partition coefficient (Wildman–Crippen LogP) is 2.38. The van der Waals surface area contributed by atoms with Crippen LogP contribution < -0.4 is 5.73 Å². The largest absolute Gasteiger partial charge is 0.333 e. The molecule has 3 rings (SSSR count). The van der Waals surface area contributed by atoms with Crippen LogP contribution in [0.4, 0.5) is 0 Å². The Hall–Kier alpha value is -1.25. The molecule has 6 nitrogen and oxygen atoms in total. The first-order chi connectivity index (χ1) is 10.3. The molecule has 8 heteroatoms. The van der Waals surface area contributed by atoms with Crippen molar-refractivity contribution in [2.24, 2.45) is 5.73 Å². The molecular weight excluding hydrogens is 322 g/mol. The van der Waals surface area contributed by atoms with E-state index in [0.717, 1.165) is 41.0 Å². The van der Waals surface area contributed by atoms with Gasteiger partial charge in [0.2, 0.25) is 0 Å². The van der Waals surface area contributed by atoms with Crippen LogP contribution in [0.25, 0.3) is 10.8 Å². The summed E-state index contributed by atoms with van der Waals surface area (Å²) in [4.78, 5) is 6.18. The van der Waals surface area contributed by atoms with Crippen molar-refractivity contribution in [3.8, 4) is 10.8 Å². The quantitative estimate of drug-likeness (QED) is 0.916. The highest BCUT2D eigenvalue weighted by Crippen LogP contribution is 2.37. The van der Waals surface area contributed by atoms with E-state index in [0.29, 0.717) is 11.7 Å². The second-order valence-electron chi connectivity index (χ2n) is 6.05. The second-order valence-corrected chi connectivity index (χ2v) is 9.45. The Morgan fingerprint density at radius 3 is 2.73 bits per heavy atom. The van der Waals surface area contributed by atoms with Gasteiger partial charge in [0.05, 0.1) is 16.2 Å². The molecule has 1 aliphatic carbocycles. The van der Waals surface area contributed by atoms with Crippen LogP contribution in [0.1, 0.15) is 41.9 Å². The molecule has 2 aromatic rings. The van der Waals surface area contributed by atoms with E-state index in [2.05, 4.69) is 10.1 Å². The highest BCUT2D eigenvalue weighted by molar-refractivity contribution is 7.89. The number of thiophene rings is 1. The Morgan fingerprint density at radius 2 is 2.09 bits per heavy atom. The number of nitrogens with two attached hydrogens (primary N) is 1. The Bertz CT molecular complexity index is 786. The van der Waals surface area contributed by atoms with Gasteiger partial charge < -0.3 is 10.3 Å². The molecule has 1 fully saturated rings. The molecule has 0 aliphatic heterocycles. The van der Waals surface area contributed by atoms with Crippen LogP contribution >= 0.6 is 11.3 Å². The van der Waals surface area contributed by atoms with E-state index in [-0.39, 0.29) is 5.75 Å². The molecule has 2 N–H and O–H groups in total. The predicted molar refractivity (Wildman–Crippen MR) is 85.2 cm³/mol. The number of sulfone groups is 1. The third-order valence-electron chi connectivity index (χ3n) is 4.02. The summed E-state index contributed by atoms with van der Waals surface area (Å²) >= 11 is 1.46. The van der Waals surface area contributed by atoms with Crippen molar-refractivity contribution in [1.29, 1.82) is 0 Å². The number of nitrogens with zero attached hydrogens (tertiary/aromatic N) is 2. The SMILES string of the molecule is Cc1sc(-c2nc(C3(N)CCCC3)no2)cc1CS(C)(=O)=O. The average molecular weight is 341 g/mol. The van der Waals surface area contributed by atoms with Crippen LogP contribution in [0, 0.1) is 6.92 Å². The molecular formula is C14H19N3O3S2. The van der Waals surface area contributed by atoms with E-state index in [9.17, 15) is 8.42 Å². The summed E-state index contributed by atoms with van der Waals surface area (Å²) in [5.74, 6) is 0.993. The minimum absolute atomic E-state index is 0.0250. The topological polar surface area (TPSA) is 99.1 Å². The summed E-state index contributed by atoms with van der Waals surface area (Å²) < 4.78 is 28.3. The third kappa shape index (κ3) is 3.09. The minimum Gasteiger partial charge on any atom is -0.333 e. The average Bonchev–Trinajstić information content (AvgIpc) is 3.09. The van der Waals surface area contributed by atoms with Gasteiger partial charge >= 0.3 is 0 Å². The van der Waals surface area contributed by atoms with Crippen LogP contribution in [-0.2, 0) is 21.1 Å². The maximum Gasteiger partial charge on any atom is 0.268 e. The van der Waals surface area contributed by atoms with E-state index >= 15 is 0 Å². The lowest BCUT2D eigenvalue weighted by atomic mass is 9.99. The van der Waals surface area contributed by atoms with E-state index in [4.69, 9.17) is 10.3 Å². The molecule has 22 heavy (non-hydrogen) atoms. The van der Waals surface area contributed by atoms with Crippen molar-refractivity contribution >= 4 is 21.2 Å². The molecule has 1 saturated carbocycles. The van der Waals surface area contributed by atoms with E-state index in [1.165, 1.54) is 17.6 Å². The Labute approximate surface area is 133 Å². The fraction of sp³-hybridized carbons (Fsp3) is 0.571. The van der Waals surface area contributed by atoms with E-state index < -0.39 is 15.4 Å². The fourth-order valence-corrected chi connectivity index (χ4v) is 4.73. The summed E-state index contributed by atoms with van der Waals surface area (Å²) in [6, 6.07) is 1.82. The molecule has 0 atom stereocenters. The summed E-state index contributed by atoms with van der Waals surface area (Å²) in [6.45, 7) is 1.90. The van der Waals surface area contributed by atoms with E-state index in [1.54, 1.807) is 0 Å². The van der Waals surface area contributed by atoms with Gasteiger partial charge in [-0.3, -0.25) is 0 Å². The normalized spacial score (nSPS) is 18.0. The summed E-state index contributed by atoms with van der Waals surface area (Å²) in [7, 11) is -3.07. The molecule has 2 aromatic heterocycles. The molecule has 0 unspecified atom stereocenters. The molecule has 0 spiro atoms. The molecule has 0 saturated heterocycles. The highest BCUT2D eigenvalue weighted by atomic mass is 32.2. The Kier molecular flexibility index (Phi) is 3.86. The molecule has 2 heterocycles. The standard InChI is InChI=1S/C14H19N3O3S2/c1-9-10(8-22(2,18)19)7-11(21-9)12-16-13(17-20-12)14(15)5-3-4-6-14/h7H,3-6,8,15H2,1-2H3. The molecule has 120 valence electrons. The number of aromatic nitrogens is 2. The maximum absolute atomic E-state index is 11.5. The van der Waals surface area contributed by atoms with Gasteiger partial charge in [-0.1, -0.05) is 18.0 Å². The van der Waals surface area contributed by atoms with Gasteiger partial charge in [-0.05, 0) is 31.4 Å². The van der Waals surface area contributed by atoms with Crippen molar-refractivity contribution in [2.45, 2.75) is 43.9 Å². The van der Waals surface area contributed by atoms with Crippen molar-refractivity contribution in [3.05, 3.63) is 22.3 Å². The van der Waals surface area contributed by atoms with Crippen LogP contribution in [-0.4, -0.2) is 24.8 Å². The lowest BCUT2D eigenvalue weighted by Crippen LogP contribution is -2.34. The minimum atomic E-state index is -3.07. The van der Waals surface area contributed by atoms with Gasteiger partial charge in [0.25, 0.3) is 5.89 Å². The first kappa shape index (κ1) is 15.6. The summed E-state index contributed by atoms with van der Waals surface area (Å²) in [5.41, 5.74) is 6.63. The van der Waals surface area contributed by atoms with Crippen molar-refractivity contribution in [3.63, 3.8) is 0 Å². The van der Waals surface area contributed by atoms with Gasteiger partial charge in [0.1, 0.15) is 0 Å². The van der Waals surface area contributed by atoms with Gasteiger partial charge in [-0.15, -0.1) is 11.3 Å². The molecule has 0 aromatic carbocycles. The second kappa shape index (κ2) is 5.43. The number of aryl methyl sites for hydroxylation is 1. The lowest BCUT2D eigenvalue weighted by Gasteiger charge is -2.17. The zero-order valence-corrected chi connectivity index (χ0v) is 14.3. The summed E-state index contributed by atoms with van der Waals surface area (Å²) in [6.07, 6.45) is 5.13. The van der Waals surface area contributed by atoms with Crippen molar-refractivity contribution < 1.29 is 12.9 Å². The zero-order valence-electron chi connectivity index (χ0n) is 12.6. The summed E-state index contributed by atoms with van der Waals surface area (Å²) in [5, 5.41) is 4.04. The van der Waals surface area contributed by atoms with Gasteiger partial charge in [-0.2, -0.15) is 4.98 Å². The van der Waals surface area contributed by atoms with Crippen LogP contribution in [0.15, 0.2) is 10.6 Å². The molecule has 1 aliphatic rings. The van der Waals surface area contributed by atoms with Crippen molar-refractivity contribution in [1.82, 2.24) is 10.1 Å². The van der Waals surface area contributed by atoms with Crippen molar-refractivity contribution in [2.75, 3.05) is 6.26 Å². The fourth-order valence-electron chi connectivity index (χ4n) is 2.81. The van der Waals surface area contributed by atoms with Gasteiger partial charge in [0.15, 0.2) is 15.7 Å². The number of hydrogen-bond acceptors (Lipinski definition) is 7.